The van der Waals surface area contributed by atoms with Crippen LogP contribution in [-0.2, 0) is 0 Å². The number of benzene rings is 1. The maximum Gasteiger partial charge on any atom is 0.171 e. The second-order valence-corrected chi connectivity index (χ2v) is 5.30. The zero-order valence-corrected chi connectivity index (χ0v) is 11.0. The Morgan fingerprint density at radius 1 is 1.11 bits per heavy atom. The molecule has 1 fully saturated rings. The molecule has 0 amide bonds. The first-order valence-corrected chi connectivity index (χ1v) is 7.07. The van der Waals surface area contributed by atoms with Crippen LogP contribution in [0.1, 0.15) is 61.3 Å². The average molecular weight is 256 g/mol. The summed E-state index contributed by atoms with van der Waals surface area (Å²) in [6.07, 6.45) is 6.38. The molecule has 19 heavy (non-hydrogen) atoms. The SMILES string of the molecule is NC(c1ccccc1)c1n[nH]c(C2CCCCC2)n1. The van der Waals surface area contributed by atoms with Crippen molar-refractivity contribution < 1.29 is 0 Å². The van der Waals surface area contributed by atoms with Crippen molar-refractivity contribution in [3.8, 4) is 0 Å². The molecule has 0 aliphatic heterocycles. The molecule has 1 aliphatic carbocycles. The van der Waals surface area contributed by atoms with Crippen LogP contribution in [-0.4, -0.2) is 15.2 Å². The maximum absolute atomic E-state index is 6.21. The molecule has 0 saturated heterocycles. The van der Waals surface area contributed by atoms with Gasteiger partial charge < -0.3 is 5.73 Å². The van der Waals surface area contributed by atoms with Gasteiger partial charge in [-0.3, -0.25) is 5.10 Å². The van der Waals surface area contributed by atoms with Gasteiger partial charge in [0.2, 0.25) is 0 Å². The van der Waals surface area contributed by atoms with Crippen molar-refractivity contribution in [1.29, 1.82) is 0 Å². The van der Waals surface area contributed by atoms with E-state index in [0.717, 1.165) is 11.4 Å². The lowest BCUT2D eigenvalue weighted by atomic mass is 9.89. The van der Waals surface area contributed by atoms with Gasteiger partial charge in [0.05, 0.1) is 6.04 Å². The normalized spacial score (nSPS) is 18.4. The molecule has 100 valence electrons. The molecule has 0 spiro atoms. The summed E-state index contributed by atoms with van der Waals surface area (Å²) in [6, 6.07) is 9.76. The molecule has 2 aromatic rings. The highest BCUT2D eigenvalue weighted by Crippen LogP contribution is 2.31. The van der Waals surface area contributed by atoms with E-state index in [9.17, 15) is 0 Å². The number of nitrogens with two attached hydrogens (primary N) is 1. The highest BCUT2D eigenvalue weighted by molar-refractivity contribution is 5.24. The largest absolute Gasteiger partial charge is 0.318 e. The number of nitrogens with zero attached hydrogens (tertiary/aromatic N) is 2. The highest BCUT2D eigenvalue weighted by Gasteiger charge is 2.21. The molecule has 1 atom stereocenters. The molecule has 3 rings (SSSR count). The number of nitrogens with one attached hydrogen (secondary N) is 1. The summed E-state index contributed by atoms with van der Waals surface area (Å²) >= 11 is 0. The van der Waals surface area contributed by atoms with E-state index in [4.69, 9.17) is 5.73 Å². The fourth-order valence-corrected chi connectivity index (χ4v) is 2.80. The summed E-state index contributed by atoms with van der Waals surface area (Å²) in [5.41, 5.74) is 7.27. The monoisotopic (exact) mass is 256 g/mol. The van der Waals surface area contributed by atoms with E-state index in [1.165, 1.54) is 32.1 Å². The van der Waals surface area contributed by atoms with Crippen LogP contribution in [0.3, 0.4) is 0 Å². The van der Waals surface area contributed by atoms with Crippen molar-refractivity contribution in [2.75, 3.05) is 0 Å². The third-order valence-electron chi connectivity index (χ3n) is 3.95. The Bertz CT molecular complexity index is 514. The smallest absolute Gasteiger partial charge is 0.171 e. The molecule has 4 heteroatoms. The Morgan fingerprint density at radius 3 is 2.58 bits per heavy atom. The van der Waals surface area contributed by atoms with Crippen molar-refractivity contribution >= 4 is 0 Å². The Balaban J connectivity index is 1.77. The Kier molecular flexibility index (Phi) is 3.60. The summed E-state index contributed by atoms with van der Waals surface area (Å²) < 4.78 is 0. The van der Waals surface area contributed by atoms with Crippen LogP contribution >= 0.6 is 0 Å². The van der Waals surface area contributed by atoms with E-state index >= 15 is 0 Å². The highest BCUT2D eigenvalue weighted by atomic mass is 15.2. The molecule has 0 radical (unpaired) electrons. The van der Waals surface area contributed by atoms with Crippen LogP contribution in [0.15, 0.2) is 30.3 Å². The first kappa shape index (κ1) is 12.4. The summed E-state index contributed by atoms with van der Waals surface area (Å²) in [5.74, 6) is 2.26. The lowest BCUT2D eigenvalue weighted by Gasteiger charge is -2.18. The molecule has 1 heterocycles. The van der Waals surface area contributed by atoms with Crippen LogP contribution in [0.5, 0.6) is 0 Å². The molecular weight excluding hydrogens is 236 g/mol. The van der Waals surface area contributed by atoms with Crippen molar-refractivity contribution in [1.82, 2.24) is 15.2 Å². The molecule has 1 unspecified atom stereocenters. The zero-order chi connectivity index (χ0) is 13.1. The topological polar surface area (TPSA) is 67.6 Å². The Hall–Kier alpha value is -1.68. The summed E-state index contributed by atoms with van der Waals surface area (Å²) in [6.45, 7) is 0. The quantitative estimate of drug-likeness (QED) is 0.887. The maximum atomic E-state index is 6.21. The minimum Gasteiger partial charge on any atom is -0.318 e. The standard InChI is InChI=1S/C15H20N4/c16-13(11-7-3-1-4-8-11)15-17-14(18-19-15)12-9-5-2-6-10-12/h1,3-4,7-8,12-13H,2,5-6,9-10,16H2,(H,17,18,19). The van der Waals surface area contributed by atoms with Gasteiger partial charge in [-0.15, -0.1) is 0 Å². The van der Waals surface area contributed by atoms with Gasteiger partial charge in [-0.1, -0.05) is 49.6 Å². The lowest BCUT2D eigenvalue weighted by Crippen LogP contribution is -2.13. The van der Waals surface area contributed by atoms with Crippen LogP contribution in [0.2, 0.25) is 0 Å². The van der Waals surface area contributed by atoms with Crippen LogP contribution in [0, 0.1) is 0 Å². The number of aromatic amines is 1. The first-order valence-electron chi connectivity index (χ1n) is 7.07. The van der Waals surface area contributed by atoms with Crippen molar-refractivity contribution in [2.24, 2.45) is 5.73 Å². The molecule has 3 N–H and O–H groups in total. The van der Waals surface area contributed by atoms with E-state index in [0.29, 0.717) is 11.7 Å². The van der Waals surface area contributed by atoms with Gasteiger partial charge in [0.1, 0.15) is 5.82 Å². The second kappa shape index (κ2) is 5.53. The predicted molar refractivity (Wildman–Crippen MR) is 74.7 cm³/mol. The number of rotatable bonds is 3. The van der Waals surface area contributed by atoms with Crippen LogP contribution in [0.25, 0.3) is 0 Å². The van der Waals surface area contributed by atoms with Crippen molar-refractivity contribution in [2.45, 2.75) is 44.1 Å². The number of hydrogen-bond acceptors (Lipinski definition) is 3. The van der Waals surface area contributed by atoms with E-state index in [1.54, 1.807) is 0 Å². The van der Waals surface area contributed by atoms with Gasteiger partial charge in [-0.05, 0) is 18.4 Å². The lowest BCUT2D eigenvalue weighted by molar-refractivity contribution is 0.429. The van der Waals surface area contributed by atoms with E-state index in [1.807, 2.05) is 30.3 Å². The third-order valence-corrected chi connectivity index (χ3v) is 3.95. The van der Waals surface area contributed by atoms with Gasteiger partial charge in [-0.25, -0.2) is 4.98 Å². The summed E-state index contributed by atoms with van der Waals surface area (Å²) in [4.78, 5) is 4.62. The van der Waals surface area contributed by atoms with Gasteiger partial charge in [0.15, 0.2) is 5.82 Å². The number of aromatic nitrogens is 3. The minimum absolute atomic E-state index is 0.241. The van der Waals surface area contributed by atoms with E-state index in [-0.39, 0.29) is 6.04 Å². The van der Waals surface area contributed by atoms with Gasteiger partial charge in [-0.2, -0.15) is 5.10 Å². The Labute approximate surface area is 113 Å². The molecule has 1 aliphatic rings. The average Bonchev–Trinajstić information content (AvgIpc) is 2.98. The predicted octanol–water partition coefficient (Wildman–Crippen LogP) is 2.90. The summed E-state index contributed by atoms with van der Waals surface area (Å²) in [5, 5.41) is 7.39. The number of H-pyrrole nitrogens is 1. The van der Waals surface area contributed by atoms with Crippen molar-refractivity contribution in [3.05, 3.63) is 47.5 Å². The number of hydrogen-bond donors (Lipinski definition) is 2. The van der Waals surface area contributed by atoms with Crippen molar-refractivity contribution in [3.63, 3.8) is 0 Å². The molecule has 1 saturated carbocycles. The van der Waals surface area contributed by atoms with Gasteiger partial charge >= 0.3 is 0 Å². The molecule has 0 bridgehead atoms. The fourth-order valence-electron chi connectivity index (χ4n) is 2.80. The first-order chi connectivity index (χ1) is 9.34. The Morgan fingerprint density at radius 2 is 1.84 bits per heavy atom. The molecule has 1 aromatic heterocycles. The van der Waals surface area contributed by atoms with Gasteiger partial charge in [0.25, 0.3) is 0 Å². The third kappa shape index (κ3) is 2.68. The molecule has 1 aromatic carbocycles. The fraction of sp³-hybridized carbons (Fsp3) is 0.467. The van der Waals surface area contributed by atoms with Crippen LogP contribution in [0.4, 0.5) is 0 Å². The second-order valence-electron chi connectivity index (χ2n) is 5.30. The van der Waals surface area contributed by atoms with E-state index in [2.05, 4.69) is 15.2 Å². The van der Waals surface area contributed by atoms with E-state index < -0.39 is 0 Å². The summed E-state index contributed by atoms with van der Waals surface area (Å²) in [7, 11) is 0. The minimum atomic E-state index is -0.241. The van der Waals surface area contributed by atoms with Gasteiger partial charge in [0, 0.05) is 5.92 Å². The molecular formula is C15H20N4. The van der Waals surface area contributed by atoms with Crippen LogP contribution < -0.4 is 5.73 Å². The zero-order valence-electron chi connectivity index (χ0n) is 11.0. The molecule has 4 nitrogen and oxygen atoms in total.